The summed E-state index contributed by atoms with van der Waals surface area (Å²) in [5, 5.41) is 6.17. The van der Waals surface area contributed by atoms with E-state index in [-0.39, 0.29) is 11.9 Å². The molecule has 0 radical (unpaired) electrons. The Morgan fingerprint density at radius 3 is 2.35 bits per heavy atom. The molecule has 1 atom stereocenters. The predicted molar refractivity (Wildman–Crippen MR) is 93.2 cm³/mol. The van der Waals surface area contributed by atoms with Gasteiger partial charge in [-0.25, -0.2) is 0 Å². The van der Waals surface area contributed by atoms with Gasteiger partial charge >= 0.3 is 0 Å². The molecule has 1 fully saturated rings. The van der Waals surface area contributed by atoms with Crippen LogP contribution in [0.15, 0.2) is 58.3 Å². The molecule has 2 N–H and O–H groups in total. The first-order chi connectivity index (χ1) is 11.2. The van der Waals surface area contributed by atoms with Crippen molar-refractivity contribution in [1.82, 2.24) is 5.32 Å². The molecule has 1 unspecified atom stereocenters. The highest BCUT2D eigenvalue weighted by molar-refractivity contribution is 7.99. The third-order valence-electron chi connectivity index (χ3n) is 3.79. The quantitative estimate of drug-likeness (QED) is 0.881. The maximum absolute atomic E-state index is 12.1. The molecule has 4 nitrogen and oxygen atoms in total. The second-order valence-corrected chi connectivity index (χ2v) is 6.59. The molecule has 1 aliphatic rings. The van der Waals surface area contributed by atoms with Crippen LogP contribution in [0.4, 0.5) is 5.69 Å². The molecule has 2 aromatic carbocycles. The van der Waals surface area contributed by atoms with E-state index in [0.29, 0.717) is 0 Å². The second kappa shape index (κ2) is 7.53. The maximum atomic E-state index is 12.1. The van der Waals surface area contributed by atoms with Gasteiger partial charge in [-0.15, -0.1) is 0 Å². The Bertz CT molecular complexity index is 650. The van der Waals surface area contributed by atoms with Gasteiger partial charge in [-0.3, -0.25) is 4.79 Å². The number of carbonyl (C=O) groups is 1. The highest BCUT2D eigenvalue weighted by Crippen LogP contribution is 2.29. The Kier molecular flexibility index (Phi) is 5.20. The van der Waals surface area contributed by atoms with Crippen molar-refractivity contribution in [1.29, 1.82) is 0 Å². The molecule has 1 aliphatic heterocycles. The third kappa shape index (κ3) is 4.27. The number of ether oxygens (including phenoxy) is 1. The van der Waals surface area contributed by atoms with Gasteiger partial charge in [-0.1, -0.05) is 11.8 Å². The van der Waals surface area contributed by atoms with Crippen LogP contribution in [-0.2, 0) is 4.79 Å². The zero-order chi connectivity index (χ0) is 16.1. The summed E-state index contributed by atoms with van der Waals surface area (Å²) in [6, 6.07) is 15.8. The van der Waals surface area contributed by atoms with E-state index in [9.17, 15) is 4.79 Å². The molecule has 0 saturated carbocycles. The van der Waals surface area contributed by atoms with Crippen molar-refractivity contribution >= 4 is 23.4 Å². The molecule has 0 aliphatic carbocycles. The van der Waals surface area contributed by atoms with Crippen molar-refractivity contribution in [2.75, 3.05) is 19.0 Å². The number of carbonyl (C=O) groups excluding carboxylic acids is 1. The zero-order valence-electron chi connectivity index (χ0n) is 13.0. The topological polar surface area (TPSA) is 50.4 Å². The molecule has 120 valence electrons. The van der Waals surface area contributed by atoms with Gasteiger partial charge in [0.05, 0.1) is 13.2 Å². The summed E-state index contributed by atoms with van der Waals surface area (Å²) >= 11 is 1.68. The lowest BCUT2D eigenvalue weighted by Gasteiger charge is -2.11. The smallest absolute Gasteiger partial charge is 0.241 e. The molecule has 2 aromatic rings. The average molecular weight is 328 g/mol. The Balaban J connectivity index is 1.58. The van der Waals surface area contributed by atoms with Crippen molar-refractivity contribution in [2.45, 2.75) is 28.7 Å². The number of anilines is 1. The lowest BCUT2D eigenvalue weighted by Crippen LogP contribution is -2.35. The molecule has 23 heavy (non-hydrogen) atoms. The Hall–Kier alpha value is -1.98. The van der Waals surface area contributed by atoms with Gasteiger partial charge in [0.1, 0.15) is 5.75 Å². The van der Waals surface area contributed by atoms with Crippen LogP contribution in [0, 0.1) is 0 Å². The molecular formula is C18H20N2O2S. The molecule has 1 amide bonds. The minimum absolute atomic E-state index is 0.0525. The Morgan fingerprint density at radius 1 is 1.13 bits per heavy atom. The van der Waals surface area contributed by atoms with E-state index in [4.69, 9.17) is 4.74 Å². The minimum Gasteiger partial charge on any atom is -0.497 e. The molecule has 3 rings (SSSR count). The van der Waals surface area contributed by atoms with Crippen LogP contribution >= 0.6 is 11.8 Å². The van der Waals surface area contributed by atoms with Crippen LogP contribution in [0.5, 0.6) is 5.75 Å². The molecule has 0 spiro atoms. The highest BCUT2D eigenvalue weighted by atomic mass is 32.2. The Morgan fingerprint density at radius 2 is 1.78 bits per heavy atom. The van der Waals surface area contributed by atoms with E-state index in [1.165, 1.54) is 0 Å². The number of nitrogens with one attached hydrogen (secondary N) is 2. The van der Waals surface area contributed by atoms with E-state index in [1.807, 2.05) is 48.5 Å². The molecule has 1 saturated heterocycles. The minimum atomic E-state index is -0.0525. The van der Waals surface area contributed by atoms with Gasteiger partial charge in [0.15, 0.2) is 0 Å². The normalized spacial score (nSPS) is 17.0. The van der Waals surface area contributed by atoms with Gasteiger partial charge < -0.3 is 15.4 Å². The van der Waals surface area contributed by atoms with Crippen LogP contribution in [0.25, 0.3) is 0 Å². The third-order valence-corrected chi connectivity index (χ3v) is 4.81. The van der Waals surface area contributed by atoms with Gasteiger partial charge in [-0.2, -0.15) is 0 Å². The summed E-state index contributed by atoms with van der Waals surface area (Å²) in [5.41, 5.74) is 0.836. The lowest BCUT2D eigenvalue weighted by molar-refractivity contribution is -0.117. The summed E-state index contributed by atoms with van der Waals surface area (Å²) in [7, 11) is 1.66. The first-order valence-corrected chi connectivity index (χ1v) is 8.52. The van der Waals surface area contributed by atoms with Gasteiger partial charge in [0.2, 0.25) is 5.91 Å². The monoisotopic (exact) mass is 328 g/mol. The van der Waals surface area contributed by atoms with Gasteiger partial charge in [0, 0.05) is 15.5 Å². The SMILES string of the molecule is COc1ccc(Sc2ccc(NC(=O)C3CCCN3)cc2)cc1. The van der Waals surface area contributed by atoms with Crippen LogP contribution in [0.3, 0.4) is 0 Å². The van der Waals surface area contributed by atoms with E-state index >= 15 is 0 Å². The largest absolute Gasteiger partial charge is 0.497 e. The average Bonchev–Trinajstić information content (AvgIpc) is 3.12. The van der Waals surface area contributed by atoms with Crippen molar-refractivity contribution in [3.8, 4) is 5.75 Å². The van der Waals surface area contributed by atoms with Gasteiger partial charge in [-0.05, 0) is 67.9 Å². The van der Waals surface area contributed by atoms with Gasteiger partial charge in [0.25, 0.3) is 0 Å². The summed E-state index contributed by atoms with van der Waals surface area (Å²) in [4.78, 5) is 14.3. The van der Waals surface area contributed by atoms with E-state index in [1.54, 1.807) is 18.9 Å². The van der Waals surface area contributed by atoms with E-state index in [0.717, 1.165) is 40.6 Å². The lowest BCUT2D eigenvalue weighted by atomic mass is 10.2. The first-order valence-electron chi connectivity index (χ1n) is 7.71. The number of benzene rings is 2. The summed E-state index contributed by atoms with van der Waals surface area (Å²) in [6.45, 7) is 0.926. The molecular weight excluding hydrogens is 308 g/mol. The predicted octanol–water partition coefficient (Wildman–Crippen LogP) is 3.54. The number of amides is 1. The maximum Gasteiger partial charge on any atom is 0.241 e. The first kappa shape index (κ1) is 15.9. The fourth-order valence-electron chi connectivity index (χ4n) is 2.52. The number of rotatable bonds is 5. The fraction of sp³-hybridized carbons (Fsp3) is 0.278. The molecule has 0 bridgehead atoms. The van der Waals surface area contributed by atoms with Crippen molar-refractivity contribution in [3.05, 3.63) is 48.5 Å². The molecule has 5 heteroatoms. The van der Waals surface area contributed by atoms with Crippen LogP contribution in [-0.4, -0.2) is 25.6 Å². The van der Waals surface area contributed by atoms with Crippen LogP contribution in [0.1, 0.15) is 12.8 Å². The van der Waals surface area contributed by atoms with Crippen LogP contribution in [0.2, 0.25) is 0 Å². The number of hydrogen-bond donors (Lipinski definition) is 2. The fourth-order valence-corrected chi connectivity index (χ4v) is 3.34. The van der Waals surface area contributed by atoms with Crippen LogP contribution < -0.4 is 15.4 Å². The van der Waals surface area contributed by atoms with Crippen molar-refractivity contribution in [2.24, 2.45) is 0 Å². The molecule has 0 aromatic heterocycles. The highest BCUT2D eigenvalue weighted by Gasteiger charge is 2.21. The summed E-state index contributed by atoms with van der Waals surface area (Å²) < 4.78 is 5.16. The standard InChI is InChI=1S/C18H20N2O2S/c1-22-14-6-10-16(11-7-14)23-15-8-4-13(5-9-15)20-18(21)17-3-2-12-19-17/h4-11,17,19H,2-3,12H2,1H3,(H,20,21). The van der Waals surface area contributed by atoms with Crippen molar-refractivity contribution in [3.63, 3.8) is 0 Å². The van der Waals surface area contributed by atoms with Crippen molar-refractivity contribution < 1.29 is 9.53 Å². The Labute approximate surface area is 140 Å². The summed E-state index contributed by atoms with van der Waals surface area (Å²) in [6.07, 6.45) is 1.98. The van der Waals surface area contributed by atoms with E-state index < -0.39 is 0 Å². The van der Waals surface area contributed by atoms with E-state index in [2.05, 4.69) is 10.6 Å². The number of hydrogen-bond acceptors (Lipinski definition) is 4. The zero-order valence-corrected chi connectivity index (χ0v) is 13.9. The second-order valence-electron chi connectivity index (χ2n) is 5.44. The summed E-state index contributed by atoms with van der Waals surface area (Å²) in [5.74, 6) is 0.908. The molecule has 1 heterocycles. The number of methoxy groups -OCH3 is 1.